The highest BCUT2D eigenvalue weighted by atomic mass is 19.1. The van der Waals surface area contributed by atoms with E-state index >= 15 is 0 Å². The van der Waals surface area contributed by atoms with Crippen molar-refractivity contribution in [3.05, 3.63) is 89.5 Å². The Balaban J connectivity index is 1.94. The molecule has 0 atom stereocenters. The van der Waals surface area contributed by atoms with E-state index in [1.165, 1.54) is 28.8 Å². The summed E-state index contributed by atoms with van der Waals surface area (Å²) < 4.78 is 15.5. The maximum atomic E-state index is 13.2. The van der Waals surface area contributed by atoms with Gasteiger partial charge >= 0.3 is 0 Å². The molecule has 2 aromatic heterocycles. The Morgan fingerprint density at radius 3 is 2.36 bits per heavy atom. The van der Waals surface area contributed by atoms with Gasteiger partial charge in [-0.1, -0.05) is 42.5 Å². The van der Waals surface area contributed by atoms with Crippen molar-refractivity contribution in [1.29, 1.82) is 0 Å². The number of aryl methyl sites for hydroxylation is 1. The third-order valence-corrected chi connectivity index (χ3v) is 4.85. The first-order chi connectivity index (χ1) is 12.1. The van der Waals surface area contributed by atoms with Gasteiger partial charge in [-0.25, -0.2) is 4.39 Å². The summed E-state index contributed by atoms with van der Waals surface area (Å²) in [5.41, 5.74) is 6.76. The van der Waals surface area contributed by atoms with Crippen LogP contribution in [-0.2, 0) is 6.54 Å². The van der Waals surface area contributed by atoms with Crippen LogP contribution in [0.15, 0.2) is 66.9 Å². The largest absolute Gasteiger partial charge is 0.338 e. The molecule has 2 aromatic carbocycles. The molecule has 0 saturated carbocycles. The van der Waals surface area contributed by atoms with Crippen molar-refractivity contribution < 1.29 is 4.39 Å². The van der Waals surface area contributed by atoms with Crippen LogP contribution in [0.2, 0.25) is 0 Å². The third-order valence-electron chi connectivity index (χ3n) is 4.85. The maximum Gasteiger partial charge on any atom is 0.123 e. The van der Waals surface area contributed by atoms with Crippen molar-refractivity contribution in [3.8, 4) is 11.3 Å². The molecule has 0 N–H and O–H groups in total. The number of hydrogen-bond donors (Lipinski definition) is 0. The first kappa shape index (κ1) is 15.6. The van der Waals surface area contributed by atoms with Gasteiger partial charge in [0.1, 0.15) is 5.82 Å². The normalized spacial score (nSPS) is 11.2. The quantitative estimate of drug-likeness (QED) is 0.484. The Morgan fingerprint density at radius 1 is 0.920 bits per heavy atom. The van der Waals surface area contributed by atoms with E-state index in [1.54, 1.807) is 0 Å². The molecule has 0 aliphatic rings. The van der Waals surface area contributed by atoms with E-state index < -0.39 is 0 Å². The number of rotatable bonds is 3. The highest BCUT2D eigenvalue weighted by Crippen LogP contribution is 2.32. The molecule has 0 radical (unpaired) electrons. The Bertz CT molecular complexity index is 1030. The molecule has 0 spiro atoms. The SMILES string of the molecule is Cc1c(C)n(Cc2ccc(F)cc2)c2c(-c3ccccc3)nccc12. The van der Waals surface area contributed by atoms with E-state index in [0.29, 0.717) is 6.54 Å². The van der Waals surface area contributed by atoms with E-state index in [0.717, 1.165) is 22.3 Å². The van der Waals surface area contributed by atoms with Crippen molar-refractivity contribution in [2.24, 2.45) is 0 Å². The smallest absolute Gasteiger partial charge is 0.123 e. The fourth-order valence-electron chi connectivity index (χ4n) is 3.37. The molecule has 0 aliphatic carbocycles. The highest BCUT2D eigenvalue weighted by Gasteiger charge is 2.16. The fraction of sp³-hybridized carbons (Fsp3) is 0.136. The summed E-state index contributed by atoms with van der Waals surface area (Å²) in [6.45, 7) is 4.98. The topological polar surface area (TPSA) is 17.8 Å². The number of nitrogens with zero attached hydrogens (tertiary/aromatic N) is 2. The number of fused-ring (bicyclic) bond motifs is 1. The summed E-state index contributed by atoms with van der Waals surface area (Å²) in [6.07, 6.45) is 1.87. The molecular weight excluding hydrogens is 311 g/mol. The van der Waals surface area contributed by atoms with Crippen LogP contribution in [0.5, 0.6) is 0 Å². The lowest BCUT2D eigenvalue weighted by Crippen LogP contribution is -2.03. The molecular formula is C22H19FN2. The van der Waals surface area contributed by atoms with Crippen LogP contribution in [0.3, 0.4) is 0 Å². The van der Waals surface area contributed by atoms with Crippen LogP contribution in [0.1, 0.15) is 16.8 Å². The van der Waals surface area contributed by atoms with Gasteiger partial charge in [-0.3, -0.25) is 4.98 Å². The Morgan fingerprint density at radius 2 is 1.64 bits per heavy atom. The average molecular weight is 330 g/mol. The van der Waals surface area contributed by atoms with Crippen molar-refractivity contribution in [2.75, 3.05) is 0 Å². The maximum absolute atomic E-state index is 13.2. The lowest BCUT2D eigenvalue weighted by molar-refractivity contribution is 0.626. The molecule has 3 heteroatoms. The molecule has 124 valence electrons. The van der Waals surface area contributed by atoms with Crippen molar-refractivity contribution in [2.45, 2.75) is 20.4 Å². The second-order valence-corrected chi connectivity index (χ2v) is 6.34. The van der Waals surface area contributed by atoms with Gasteiger partial charge < -0.3 is 4.57 Å². The minimum Gasteiger partial charge on any atom is -0.338 e. The standard InChI is InChI=1S/C22H19FN2/c1-15-16(2)25(14-17-8-10-19(23)11-9-17)22-20(15)12-13-24-21(22)18-6-4-3-5-7-18/h3-13H,14H2,1-2H3. The number of aromatic nitrogens is 2. The van der Waals surface area contributed by atoms with Gasteiger partial charge in [-0.15, -0.1) is 0 Å². The molecule has 0 bridgehead atoms. The van der Waals surface area contributed by atoms with Crippen molar-refractivity contribution >= 4 is 10.9 Å². The number of halogens is 1. The molecule has 0 fully saturated rings. The van der Waals surface area contributed by atoms with Gasteiger partial charge in [0, 0.05) is 29.4 Å². The van der Waals surface area contributed by atoms with E-state index in [2.05, 4.69) is 41.6 Å². The molecule has 4 rings (SSSR count). The summed E-state index contributed by atoms with van der Waals surface area (Å²) in [7, 11) is 0. The van der Waals surface area contributed by atoms with E-state index in [-0.39, 0.29) is 5.82 Å². The predicted octanol–water partition coefficient (Wildman–Crippen LogP) is 5.51. The molecule has 2 nitrogen and oxygen atoms in total. The molecule has 0 amide bonds. The Labute approximate surface area is 146 Å². The summed E-state index contributed by atoms with van der Waals surface area (Å²) in [6, 6.07) is 19.0. The predicted molar refractivity (Wildman–Crippen MR) is 100 cm³/mol. The zero-order valence-corrected chi connectivity index (χ0v) is 14.3. The van der Waals surface area contributed by atoms with Crippen molar-refractivity contribution in [1.82, 2.24) is 9.55 Å². The Kier molecular flexibility index (Phi) is 3.85. The summed E-state index contributed by atoms with van der Waals surface area (Å²) in [5, 5.41) is 1.22. The number of hydrogen-bond acceptors (Lipinski definition) is 1. The second kappa shape index (κ2) is 6.17. The second-order valence-electron chi connectivity index (χ2n) is 6.34. The van der Waals surface area contributed by atoms with Crippen LogP contribution in [0, 0.1) is 19.7 Å². The number of pyridine rings is 1. The first-order valence-electron chi connectivity index (χ1n) is 8.39. The fourth-order valence-corrected chi connectivity index (χ4v) is 3.37. The van der Waals surface area contributed by atoms with Gasteiger partial charge in [-0.05, 0) is 43.2 Å². The van der Waals surface area contributed by atoms with Crippen LogP contribution >= 0.6 is 0 Å². The third kappa shape index (κ3) is 2.72. The van der Waals surface area contributed by atoms with E-state index in [9.17, 15) is 4.39 Å². The van der Waals surface area contributed by atoms with Gasteiger partial charge in [0.05, 0.1) is 11.2 Å². The molecule has 2 heterocycles. The van der Waals surface area contributed by atoms with E-state index in [4.69, 9.17) is 0 Å². The highest BCUT2D eigenvalue weighted by molar-refractivity contribution is 5.95. The van der Waals surface area contributed by atoms with Gasteiger partial charge in [-0.2, -0.15) is 0 Å². The van der Waals surface area contributed by atoms with Crippen molar-refractivity contribution in [3.63, 3.8) is 0 Å². The lowest BCUT2D eigenvalue weighted by atomic mass is 10.1. The summed E-state index contributed by atoms with van der Waals surface area (Å²) >= 11 is 0. The molecule has 25 heavy (non-hydrogen) atoms. The minimum atomic E-state index is -0.208. The molecule has 0 saturated heterocycles. The Hall–Kier alpha value is -2.94. The molecule has 4 aromatic rings. The van der Waals surface area contributed by atoms with Crippen LogP contribution in [0.25, 0.3) is 22.2 Å². The van der Waals surface area contributed by atoms with Crippen LogP contribution in [-0.4, -0.2) is 9.55 Å². The number of benzene rings is 2. The minimum absolute atomic E-state index is 0.208. The summed E-state index contributed by atoms with van der Waals surface area (Å²) in [4.78, 5) is 4.67. The zero-order valence-electron chi connectivity index (χ0n) is 14.3. The van der Waals surface area contributed by atoms with Gasteiger partial charge in [0.2, 0.25) is 0 Å². The monoisotopic (exact) mass is 330 g/mol. The van der Waals surface area contributed by atoms with E-state index in [1.807, 2.05) is 36.5 Å². The zero-order chi connectivity index (χ0) is 17.4. The first-order valence-corrected chi connectivity index (χ1v) is 8.39. The van der Waals surface area contributed by atoms with Crippen LogP contribution in [0.4, 0.5) is 4.39 Å². The van der Waals surface area contributed by atoms with Gasteiger partial charge in [0.25, 0.3) is 0 Å². The van der Waals surface area contributed by atoms with Gasteiger partial charge in [0.15, 0.2) is 0 Å². The van der Waals surface area contributed by atoms with Crippen LogP contribution < -0.4 is 0 Å². The average Bonchev–Trinajstić information content (AvgIpc) is 2.89. The summed E-state index contributed by atoms with van der Waals surface area (Å²) in [5.74, 6) is -0.208. The lowest BCUT2D eigenvalue weighted by Gasteiger charge is -2.12. The molecule has 0 aliphatic heterocycles. The molecule has 0 unspecified atom stereocenters.